The van der Waals surface area contributed by atoms with Crippen molar-refractivity contribution in [2.24, 2.45) is 0 Å². The Morgan fingerprint density at radius 1 is 0.466 bits per heavy atom. The van der Waals surface area contributed by atoms with Crippen molar-refractivity contribution < 1.29 is 32.9 Å². The number of quaternary nitrogens is 1. The lowest BCUT2D eigenvalue weighted by molar-refractivity contribution is -0.870. The molecular weight excluding hydrogens is 924 g/mol. The number of amides is 1. The Morgan fingerprint density at radius 2 is 0.795 bits per heavy atom. The highest BCUT2D eigenvalue weighted by Gasteiger charge is 2.27. The van der Waals surface area contributed by atoms with E-state index in [0.29, 0.717) is 17.4 Å². The van der Waals surface area contributed by atoms with Crippen molar-refractivity contribution in [1.82, 2.24) is 5.32 Å². The van der Waals surface area contributed by atoms with Crippen LogP contribution in [0.15, 0.2) is 182 Å². The van der Waals surface area contributed by atoms with Gasteiger partial charge in [-0.1, -0.05) is 209 Å². The van der Waals surface area contributed by atoms with Crippen molar-refractivity contribution >= 4 is 13.7 Å². The van der Waals surface area contributed by atoms with Gasteiger partial charge in [0.15, 0.2) is 0 Å². The second-order valence-corrected chi connectivity index (χ2v) is 20.3. The van der Waals surface area contributed by atoms with Crippen LogP contribution in [-0.4, -0.2) is 73.4 Å². The van der Waals surface area contributed by atoms with Gasteiger partial charge in [0.1, 0.15) is 13.2 Å². The highest BCUT2D eigenvalue weighted by atomic mass is 31.2. The Labute approximate surface area is 446 Å². The van der Waals surface area contributed by atoms with E-state index in [2.05, 4.69) is 189 Å². The van der Waals surface area contributed by atoms with E-state index < -0.39 is 20.0 Å². The molecule has 0 aliphatic rings. The predicted molar refractivity (Wildman–Crippen MR) is 317 cm³/mol. The molecule has 408 valence electrons. The largest absolute Gasteiger partial charge is 0.472 e. The van der Waals surface area contributed by atoms with Crippen LogP contribution >= 0.6 is 7.82 Å². The second kappa shape index (κ2) is 52.5. The number of rotatable bonds is 47. The molecule has 3 atom stereocenters. The van der Waals surface area contributed by atoms with Crippen molar-refractivity contribution in [2.45, 2.75) is 174 Å². The summed E-state index contributed by atoms with van der Waals surface area (Å²) in [5.41, 5.74) is 0. The van der Waals surface area contributed by atoms with Crippen LogP contribution in [0.4, 0.5) is 0 Å². The lowest BCUT2D eigenvalue weighted by atomic mass is 10.1. The summed E-state index contributed by atoms with van der Waals surface area (Å²) in [6, 6.07) is -0.895. The minimum absolute atomic E-state index is 0.0375. The van der Waals surface area contributed by atoms with Crippen LogP contribution in [0, 0.1) is 0 Å². The van der Waals surface area contributed by atoms with E-state index in [4.69, 9.17) is 9.05 Å². The normalized spacial score (nSPS) is 15.3. The lowest BCUT2D eigenvalue weighted by Crippen LogP contribution is -2.45. The number of phosphoric ester groups is 1. The molecule has 0 spiro atoms. The van der Waals surface area contributed by atoms with Crippen LogP contribution in [0.25, 0.3) is 0 Å². The average molecular weight is 1030 g/mol. The number of likely N-dealkylation sites (N-methyl/N-ethyl adjacent to an activating group) is 1. The minimum atomic E-state index is -4.37. The molecular formula is C64H102N2O6P+. The van der Waals surface area contributed by atoms with Gasteiger partial charge in [0, 0.05) is 6.42 Å². The fourth-order valence-electron chi connectivity index (χ4n) is 6.59. The van der Waals surface area contributed by atoms with Gasteiger partial charge in [-0.25, -0.2) is 4.57 Å². The standard InChI is InChI=1S/C64H101N2O6P/c1-6-8-10-12-14-16-18-19-20-21-22-23-24-25-26-27-28-29-30-31-32-33-34-35-36-37-38-39-40-41-42-43-44-45-46-47-48-50-52-54-56-58-64(68)65-62(61-72-73(69,70)71-60-59-66(3,4)5)63(67)57-55-53-51-49-17-15-13-11-9-7-2/h8-11,14,16-17,19-20,22-23,25-26,28-29,31-32,34-35,37-38,40-41,43-44,46-47,49,55,57,62-63,67H,6-7,12-13,15,18,21,24,27,30,33,36,39,42,45,48,50-54,56,58-61H2,1-5H3,(H-,65,68,69,70)/p+1/b10-8-,11-9+,16-14-,20-19-,23-22-,26-25-,29-28-,32-31-,35-34-,38-37-,41-40-,44-43-,47-46-,49-17+,57-55+. The van der Waals surface area contributed by atoms with E-state index in [0.717, 1.165) is 141 Å². The van der Waals surface area contributed by atoms with Crippen LogP contribution in [0.1, 0.15) is 162 Å². The first-order chi connectivity index (χ1) is 35.5. The van der Waals surface area contributed by atoms with Gasteiger partial charge in [-0.3, -0.25) is 13.8 Å². The molecule has 0 aliphatic heterocycles. The second-order valence-electron chi connectivity index (χ2n) is 18.8. The maximum atomic E-state index is 12.9. The average Bonchev–Trinajstić information content (AvgIpc) is 3.35. The van der Waals surface area contributed by atoms with Gasteiger partial charge < -0.3 is 19.8 Å². The summed E-state index contributed by atoms with van der Waals surface area (Å²) in [4.78, 5) is 23.1. The number of aliphatic hydroxyl groups excluding tert-OH is 1. The summed E-state index contributed by atoms with van der Waals surface area (Å²) in [7, 11) is 1.49. The molecule has 9 heteroatoms. The Balaban J connectivity index is 4.18. The third kappa shape index (κ3) is 55.2. The zero-order valence-electron chi connectivity index (χ0n) is 46.3. The molecule has 0 bridgehead atoms. The molecule has 3 unspecified atom stereocenters. The maximum Gasteiger partial charge on any atom is 0.472 e. The topological polar surface area (TPSA) is 105 Å². The van der Waals surface area contributed by atoms with Crippen LogP contribution in [0.3, 0.4) is 0 Å². The van der Waals surface area contributed by atoms with Crippen LogP contribution in [0.2, 0.25) is 0 Å². The number of nitrogens with one attached hydrogen (secondary N) is 1. The zero-order chi connectivity index (χ0) is 53.5. The van der Waals surface area contributed by atoms with Gasteiger partial charge in [0.2, 0.25) is 5.91 Å². The van der Waals surface area contributed by atoms with Crippen molar-refractivity contribution in [2.75, 3.05) is 40.9 Å². The van der Waals surface area contributed by atoms with Crippen LogP contribution < -0.4 is 5.32 Å². The monoisotopic (exact) mass is 1030 g/mol. The summed E-state index contributed by atoms with van der Waals surface area (Å²) < 4.78 is 23.5. The Hall–Kier alpha value is -4.40. The number of hydrogen-bond donors (Lipinski definition) is 3. The fraction of sp³-hybridized carbons (Fsp3) is 0.516. The summed E-state index contributed by atoms with van der Waals surface area (Å²) in [5, 5.41) is 13.8. The molecule has 0 aromatic carbocycles. The Morgan fingerprint density at radius 3 is 1.19 bits per heavy atom. The molecule has 0 radical (unpaired) electrons. The summed E-state index contributed by atoms with van der Waals surface area (Å²) in [5.74, 6) is -0.228. The van der Waals surface area contributed by atoms with E-state index in [9.17, 15) is 19.4 Å². The summed E-state index contributed by atoms with van der Waals surface area (Å²) in [6.45, 7) is 4.48. The van der Waals surface area contributed by atoms with Gasteiger partial charge in [0.25, 0.3) is 0 Å². The summed E-state index contributed by atoms with van der Waals surface area (Å²) >= 11 is 0. The minimum Gasteiger partial charge on any atom is -0.387 e. The number of hydrogen-bond acceptors (Lipinski definition) is 5. The lowest BCUT2D eigenvalue weighted by Gasteiger charge is -2.25. The number of aliphatic hydroxyl groups is 1. The third-order valence-corrected chi connectivity index (χ3v) is 11.8. The van der Waals surface area contributed by atoms with E-state index in [-0.39, 0.29) is 19.1 Å². The Bertz CT molecular complexity index is 1830. The molecule has 0 aliphatic carbocycles. The van der Waals surface area contributed by atoms with Crippen LogP contribution in [-0.2, 0) is 18.4 Å². The zero-order valence-corrected chi connectivity index (χ0v) is 47.2. The van der Waals surface area contributed by atoms with Crippen LogP contribution in [0.5, 0.6) is 0 Å². The number of carbonyl (C=O) groups is 1. The first-order valence-electron chi connectivity index (χ1n) is 27.7. The molecule has 0 saturated carbocycles. The first kappa shape index (κ1) is 68.6. The molecule has 0 rings (SSSR count). The van der Waals surface area contributed by atoms with Gasteiger partial charge in [-0.15, -0.1) is 0 Å². The third-order valence-electron chi connectivity index (χ3n) is 10.8. The van der Waals surface area contributed by atoms with Crippen molar-refractivity contribution in [3.8, 4) is 0 Å². The number of phosphoric acid groups is 1. The van der Waals surface area contributed by atoms with E-state index in [1.807, 2.05) is 27.2 Å². The van der Waals surface area contributed by atoms with E-state index in [1.165, 1.54) is 0 Å². The molecule has 0 saturated heterocycles. The molecule has 0 fully saturated rings. The molecule has 0 aromatic rings. The molecule has 3 N–H and O–H groups in total. The quantitative estimate of drug-likeness (QED) is 0.0243. The Kier molecular flexibility index (Phi) is 49.3. The van der Waals surface area contributed by atoms with Gasteiger partial charge in [-0.05, 0) is 128 Å². The summed E-state index contributed by atoms with van der Waals surface area (Å²) in [6.07, 6.45) is 85.9. The number of allylic oxidation sites excluding steroid dienone is 29. The van der Waals surface area contributed by atoms with Gasteiger partial charge in [0.05, 0.1) is 39.9 Å². The van der Waals surface area contributed by atoms with E-state index in [1.54, 1.807) is 6.08 Å². The SMILES string of the molecule is CC/C=C\C/C=C\C/C=C\C/C=C\C/C=C\C/C=C\C/C=C\C/C=C\C/C=C\C/C=C\C/C=C\C/C=C\CCCCCCC(=O)NC(COP(=O)(O)OCC[N+](C)(C)C)C(O)/C=C/CC/C=C/CC/C=C/CC. The van der Waals surface area contributed by atoms with Crippen molar-refractivity contribution in [3.63, 3.8) is 0 Å². The number of carbonyl (C=O) groups excluding carboxylic acids is 1. The van der Waals surface area contributed by atoms with Gasteiger partial charge in [-0.2, -0.15) is 0 Å². The molecule has 8 nitrogen and oxygen atoms in total. The fourth-order valence-corrected chi connectivity index (χ4v) is 7.32. The predicted octanol–water partition coefficient (Wildman–Crippen LogP) is 17.0. The molecule has 73 heavy (non-hydrogen) atoms. The smallest absolute Gasteiger partial charge is 0.387 e. The molecule has 1 amide bonds. The highest BCUT2D eigenvalue weighted by molar-refractivity contribution is 7.47. The van der Waals surface area contributed by atoms with Gasteiger partial charge >= 0.3 is 7.82 Å². The molecule has 0 aromatic heterocycles. The number of nitrogens with zero attached hydrogens (tertiary/aromatic N) is 1. The maximum absolute atomic E-state index is 12.9. The molecule has 0 heterocycles. The van der Waals surface area contributed by atoms with Crippen molar-refractivity contribution in [1.29, 1.82) is 0 Å². The first-order valence-corrected chi connectivity index (χ1v) is 29.2. The van der Waals surface area contributed by atoms with E-state index >= 15 is 0 Å². The number of unbranched alkanes of at least 4 members (excludes halogenated alkanes) is 6. The van der Waals surface area contributed by atoms with Crippen molar-refractivity contribution in [3.05, 3.63) is 182 Å². The highest BCUT2D eigenvalue weighted by Crippen LogP contribution is 2.43.